The summed E-state index contributed by atoms with van der Waals surface area (Å²) in [5.41, 5.74) is 4.51. The summed E-state index contributed by atoms with van der Waals surface area (Å²) in [6, 6.07) is 13.9. The predicted molar refractivity (Wildman–Crippen MR) is 89.2 cm³/mol. The summed E-state index contributed by atoms with van der Waals surface area (Å²) in [5, 5.41) is 3.04. The van der Waals surface area contributed by atoms with E-state index in [2.05, 4.69) is 18.3 Å². The van der Waals surface area contributed by atoms with Crippen LogP contribution in [0.1, 0.15) is 35.2 Å². The van der Waals surface area contributed by atoms with Crippen molar-refractivity contribution in [2.45, 2.75) is 33.2 Å². The number of rotatable bonds is 5. The van der Waals surface area contributed by atoms with Crippen LogP contribution in [0.2, 0.25) is 0 Å². The van der Waals surface area contributed by atoms with Crippen LogP contribution >= 0.6 is 0 Å². The topological polar surface area (TPSA) is 38.3 Å². The van der Waals surface area contributed by atoms with Gasteiger partial charge in [-0.3, -0.25) is 4.79 Å². The first-order valence-corrected chi connectivity index (χ1v) is 7.49. The number of benzene rings is 2. The van der Waals surface area contributed by atoms with Crippen LogP contribution in [0, 0.1) is 13.8 Å². The number of hydrogen-bond acceptors (Lipinski definition) is 2. The Morgan fingerprint density at radius 2 is 1.82 bits per heavy atom. The van der Waals surface area contributed by atoms with E-state index in [0.717, 1.165) is 22.4 Å². The van der Waals surface area contributed by atoms with E-state index in [1.54, 1.807) is 7.11 Å². The zero-order chi connectivity index (χ0) is 16.1. The highest BCUT2D eigenvalue weighted by atomic mass is 16.5. The molecule has 0 fully saturated rings. The van der Waals surface area contributed by atoms with Gasteiger partial charge in [-0.25, -0.2) is 0 Å². The summed E-state index contributed by atoms with van der Waals surface area (Å²) >= 11 is 0. The van der Waals surface area contributed by atoms with E-state index < -0.39 is 0 Å². The maximum Gasteiger partial charge on any atom is 0.224 e. The molecule has 1 atom stereocenters. The fourth-order valence-electron chi connectivity index (χ4n) is 2.49. The highest BCUT2D eigenvalue weighted by molar-refractivity contribution is 5.79. The normalized spacial score (nSPS) is 11.8. The Morgan fingerprint density at radius 3 is 2.41 bits per heavy atom. The molecule has 116 valence electrons. The van der Waals surface area contributed by atoms with Gasteiger partial charge in [0.05, 0.1) is 19.6 Å². The van der Waals surface area contributed by atoms with E-state index in [9.17, 15) is 4.79 Å². The van der Waals surface area contributed by atoms with Crippen molar-refractivity contribution in [2.24, 2.45) is 0 Å². The molecule has 0 aliphatic carbocycles. The zero-order valence-electron chi connectivity index (χ0n) is 13.6. The van der Waals surface area contributed by atoms with Gasteiger partial charge in [-0.2, -0.15) is 0 Å². The average Bonchev–Trinajstić information content (AvgIpc) is 2.50. The van der Waals surface area contributed by atoms with Crippen LogP contribution < -0.4 is 10.1 Å². The van der Waals surface area contributed by atoms with Crippen LogP contribution in [0.25, 0.3) is 0 Å². The molecule has 0 radical (unpaired) electrons. The molecule has 0 spiro atoms. The first-order valence-electron chi connectivity index (χ1n) is 7.49. The largest absolute Gasteiger partial charge is 0.497 e. The first-order chi connectivity index (χ1) is 10.5. The third kappa shape index (κ3) is 4.10. The smallest absolute Gasteiger partial charge is 0.224 e. The molecule has 0 aliphatic rings. The molecule has 2 aromatic rings. The lowest BCUT2D eigenvalue weighted by Gasteiger charge is -2.15. The van der Waals surface area contributed by atoms with Gasteiger partial charge in [0.2, 0.25) is 5.91 Å². The van der Waals surface area contributed by atoms with Crippen LogP contribution in [-0.4, -0.2) is 13.0 Å². The second-order valence-electron chi connectivity index (χ2n) is 5.67. The van der Waals surface area contributed by atoms with Gasteiger partial charge in [0.25, 0.3) is 0 Å². The summed E-state index contributed by atoms with van der Waals surface area (Å²) in [7, 11) is 1.64. The number of hydrogen-bond donors (Lipinski definition) is 1. The molecular weight excluding hydrogens is 274 g/mol. The van der Waals surface area contributed by atoms with Crippen molar-refractivity contribution in [3.63, 3.8) is 0 Å². The van der Waals surface area contributed by atoms with Gasteiger partial charge in [0, 0.05) is 0 Å². The second kappa shape index (κ2) is 7.12. The van der Waals surface area contributed by atoms with Crippen LogP contribution in [0.3, 0.4) is 0 Å². The van der Waals surface area contributed by atoms with Crippen molar-refractivity contribution in [1.29, 1.82) is 0 Å². The fourth-order valence-corrected chi connectivity index (χ4v) is 2.49. The number of aryl methyl sites for hydroxylation is 2. The van der Waals surface area contributed by atoms with Crippen LogP contribution in [0.4, 0.5) is 0 Å². The summed E-state index contributed by atoms with van der Waals surface area (Å²) in [6.07, 6.45) is 0.409. The molecule has 1 N–H and O–H groups in total. The summed E-state index contributed by atoms with van der Waals surface area (Å²) in [6.45, 7) is 6.09. The molecular formula is C19H23NO2. The molecule has 2 aromatic carbocycles. The van der Waals surface area contributed by atoms with E-state index in [1.807, 2.05) is 50.2 Å². The molecule has 0 aliphatic heterocycles. The second-order valence-corrected chi connectivity index (χ2v) is 5.67. The van der Waals surface area contributed by atoms with E-state index >= 15 is 0 Å². The maximum absolute atomic E-state index is 12.2. The maximum atomic E-state index is 12.2. The molecule has 0 saturated heterocycles. The van der Waals surface area contributed by atoms with Crippen molar-refractivity contribution in [2.75, 3.05) is 7.11 Å². The van der Waals surface area contributed by atoms with Crippen molar-refractivity contribution < 1.29 is 9.53 Å². The van der Waals surface area contributed by atoms with E-state index in [-0.39, 0.29) is 11.9 Å². The highest BCUT2D eigenvalue weighted by Gasteiger charge is 2.11. The molecule has 3 heteroatoms. The van der Waals surface area contributed by atoms with Crippen molar-refractivity contribution in [3.05, 3.63) is 64.7 Å². The van der Waals surface area contributed by atoms with Crippen LogP contribution in [0.5, 0.6) is 5.75 Å². The number of carbonyl (C=O) groups excluding carboxylic acids is 1. The Hall–Kier alpha value is -2.29. The molecule has 22 heavy (non-hydrogen) atoms. The minimum Gasteiger partial charge on any atom is -0.497 e. The minimum atomic E-state index is -0.0239. The van der Waals surface area contributed by atoms with Crippen LogP contribution in [0.15, 0.2) is 42.5 Å². The van der Waals surface area contributed by atoms with E-state index in [1.165, 1.54) is 5.56 Å². The van der Waals surface area contributed by atoms with Gasteiger partial charge in [-0.05, 0) is 49.6 Å². The summed E-state index contributed by atoms with van der Waals surface area (Å²) in [4.78, 5) is 12.2. The quantitative estimate of drug-likeness (QED) is 0.913. The molecule has 0 heterocycles. The van der Waals surface area contributed by atoms with Crippen molar-refractivity contribution >= 4 is 5.91 Å². The molecule has 0 bridgehead atoms. The Labute approximate surface area is 132 Å². The van der Waals surface area contributed by atoms with Crippen molar-refractivity contribution in [1.82, 2.24) is 5.32 Å². The Kier molecular flexibility index (Phi) is 5.21. The average molecular weight is 297 g/mol. The van der Waals surface area contributed by atoms with Gasteiger partial charge in [0.1, 0.15) is 5.75 Å². The molecule has 0 aromatic heterocycles. The highest BCUT2D eigenvalue weighted by Crippen LogP contribution is 2.18. The Bertz CT molecular complexity index is 647. The lowest BCUT2D eigenvalue weighted by atomic mass is 10.0. The number of ether oxygens (including phenoxy) is 1. The SMILES string of the molecule is COc1ccc(C(C)NC(=O)Cc2ccc(C)cc2C)cc1. The number of nitrogens with one attached hydrogen (secondary N) is 1. The van der Waals surface area contributed by atoms with Gasteiger partial charge < -0.3 is 10.1 Å². The number of carbonyl (C=O) groups is 1. The third-order valence-corrected chi connectivity index (χ3v) is 3.84. The van der Waals surface area contributed by atoms with E-state index in [4.69, 9.17) is 4.74 Å². The van der Waals surface area contributed by atoms with Gasteiger partial charge in [-0.15, -0.1) is 0 Å². The predicted octanol–water partition coefficient (Wildman–Crippen LogP) is 3.73. The zero-order valence-corrected chi connectivity index (χ0v) is 13.6. The number of amides is 1. The lowest BCUT2D eigenvalue weighted by molar-refractivity contribution is -0.121. The van der Waals surface area contributed by atoms with E-state index in [0.29, 0.717) is 6.42 Å². The van der Waals surface area contributed by atoms with Gasteiger partial charge >= 0.3 is 0 Å². The first kappa shape index (κ1) is 16.1. The molecule has 0 saturated carbocycles. The molecule has 1 unspecified atom stereocenters. The molecule has 3 nitrogen and oxygen atoms in total. The standard InChI is InChI=1S/C19H23NO2/c1-13-5-6-17(14(2)11-13)12-19(21)20-15(3)16-7-9-18(22-4)10-8-16/h5-11,15H,12H2,1-4H3,(H,20,21). The Morgan fingerprint density at radius 1 is 1.14 bits per heavy atom. The lowest BCUT2D eigenvalue weighted by Crippen LogP contribution is -2.28. The molecule has 2 rings (SSSR count). The summed E-state index contributed by atoms with van der Waals surface area (Å²) < 4.78 is 5.14. The van der Waals surface area contributed by atoms with Crippen molar-refractivity contribution in [3.8, 4) is 5.75 Å². The molecule has 1 amide bonds. The summed E-state index contributed by atoms with van der Waals surface area (Å²) in [5.74, 6) is 0.854. The minimum absolute atomic E-state index is 0.0239. The third-order valence-electron chi connectivity index (χ3n) is 3.84. The van der Waals surface area contributed by atoms with Crippen LogP contribution in [-0.2, 0) is 11.2 Å². The fraction of sp³-hybridized carbons (Fsp3) is 0.316. The van der Waals surface area contributed by atoms with Gasteiger partial charge in [-0.1, -0.05) is 35.9 Å². The Balaban J connectivity index is 1.98. The monoisotopic (exact) mass is 297 g/mol. The van der Waals surface area contributed by atoms with Gasteiger partial charge in [0.15, 0.2) is 0 Å². The number of methoxy groups -OCH3 is 1.